The van der Waals surface area contributed by atoms with Crippen LogP contribution >= 0.6 is 15.9 Å². The van der Waals surface area contributed by atoms with Gasteiger partial charge in [-0.25, -0.2) is 0 Å². The van der Waals surface area contributed by atoms with Crippen molar-refractivity contribution in [2.75, 3.05) is 6.54 Å². The molecule has 0 fully saturated rings. The Balaban J connectivity index is 2.36. The predicted octanol–water partition coefficient (Wildman–Crippen LogP) is 3.99. The number of amides is 1. The lowest BCUT2D eigenvalue weighted by molar-refractivity contribution is 0.0916. The first-order valence-corrected chi connectivity index (χ1v) is 7.00. The molecule has 0 aliphatic heterocycles. The number of unbranched alkanes of at least 4 members (excludes halogenated alkanes) is 1. The summed E-state index contributed by atoms with van der Waals surface area (Å²) in [4.78, 5) is 11.7. The van der Waals surface area contributed by atoms with E-state index in [1.807, 2.05) is 0 Å². The minimum Gasteiger partial charge on any atom is -0.444 e. The van der Waals surface area contributed by atoms with Crippen molar-refractivity contribution in [3.05, 3.63) is 22.6 Å². The Kier molecular flexibility index (Phi) is 6.34. The molecule has 4 heteroatoms. The van der Waals surface area contributed by atoms with Gasteiger partial charge in [0.1, 0.15) is 0 Å². The molecule has 0 unspecified atom stereocenters. The van der Waals surface area contributed by atoms with Crippen molar-refractivity contribution < 1.29 is 9.21 Å². The zero-order valence-corrected chi connectivity index (χ0v) is 12.0. The van der Waals surface area contributed by atoms with E-state index < -0.39 is 0 Å². The smallest absolute Gasteiger partial charge is 0.287 e. The van der Waals surface area contributed by atoms with Crippen LogP contribution in [-0.4, -0.2) is 12.5 Å². The number of hydrogen-bond donors (Lipinski definition) is 1. The number of carbonyl (C=O) groups excluding carboxylic acids is 1. The molecule has 0 spiro atoms. The summed E-state index contributed by atoms with van der Waals surface area (Å²) in [7, 11) is 0. The van der Waals surface area contributed by atoms with Gasteiger partial charge in [-0.3, -0.25) is 4.79 Å². The maximum Gasteiger partial charge on any atom is 0.287 e. The minimum absolute atomic E-state index is 0.134. The molecule has 0 bridgehead atoms. The molecule has 1 N–H and O–H groups in total. The molecule has 0 saturated heterocycles. The van der Waals surface area contributed by atoms with Gasteiger partial charge in [0.2, 0.25) is 0 Å². The Bertz CT molecular complexity index is 349. The van der Waals surface area contributed by atoms with Gasteiger partial charge < -0.3 is 9.73 Å². The topological polar surface area (TPSA) is 42.2 Å². The van der Waals surface area contributed by atoms with E-state index >= 15 is 0 Å². The first-order chi connectivity index (χ1) is 8.17. The molecule has 96 valence electrons. The van der Waals surface area contributed by atoms with Gasteiger partial charge in [-0.15, -0.1) is 0 Å². The van der Waals surface area contributed by atoms with Gasteiger partial charge in [-0.2, -0.15) is 0 Å². The molecule has 1 aromatic rings. The van der Waals surface area contributed by atoms with Crippen LogP contribution in [0.2, 0.25) is 0 Å². The normalized spacial score (nSPS) is 12.4. The lowest BCUT2D eigenvalue weighted by Gasteiger charge is -2.14. The quantitative estimate of drug-likeness (QED) is 0.827. The Hall–Kier alpha value is -0.770. The fraction of sp³-hybridized carbons (Fsp3) is 0.615. The Morgan fingerprint density at radius 2 is 2.24 bits per heavy atom. The minimum atomic E-state index is -0.134. The van der Waals surface area contributed by atoms with E-state index in [9.17, 15) is 4.79 Å². The van der Waals surface area contributed by atoms with Crippen LogP contribution in [0.5, 0.6) is 0 Å². The van der Waals surface area contributed by atoms with Gasteiger partial charge in [-0.05, 0) is 40.4 Å². The molecular weight excluding hydrogens is 282 g/mol. The molecular formula is C13H20BrNO2. The van der Waals surface area contributed by atoms with Gasteiger partial charge >= 0.3 is 0 Å². The van der Waals surface area contributed by atoms with Crippen LogP contribution in [0.3, 0.4) is 0 Å². The number of carbonyl (C=O) groups is 1. The summed E-state index contributed by atoms with van der Waals surface area (Å²) in [6.45, 7) is 5.08. The zero-order chi connectivity index (χ0) is 12.7. The molecule has 3 nitrogen and oxygen atoms in total. The molecule has 1 atom stereocenters. The third-order valence-corrected chi connectivity index (χ3v) is 3.32. The number of hydrogen-bond acceptors (Lipinski definition) is 2. The molecule has 0 aromatic carbocycles. The lowest BCUT2D eigenvalue weighted by Crippen LogP contribution is -2.28. The number of rotatable bonds is 7. The molecule has 0 radical (unpaired) electrons. The first-order valence-electron chi connectivity index (χ1n) is 6.20. The second kappa shape index (κ2) is 7.54. The van der Waals surface area contributed by atoms with Crippen LogP contribution in [0, 0.1) is 5.92 Å². The SMILES string of the molecule is CCCC[C@@H](CC)CNC(=O)c1ccc(Br)o1. The van der Waals surface area contributed by atoms with Gasteiger partial charge in [0.25, 0.3) is 5.91 Å². The third-order valence-electron chi connectivity index (χ3n) is 2.89. The Morgan fingerprint density at radius 1 is 1.47 bits per heavy atom. The van der Waals surface area contributed by atoms with Gasteiger partial charge in [0, 0.05) is 6.54 Å². The third kappa shape index (κ3) is 4.94. The van der Waals surface area contributed by atoms with Crippen molar-refractivity contribution in [3.63, 3.8) is 0 Å². The molecule has 17 heavy (non-hydrogen) atoms. The molecule has 0 aliphatic rings. The maximum atomic E-state index is 11.7. The van der Waals surface area contributed by atoms with E-state index in [1.54, 1.807) is 12.1 Å². The maximum absolute atomic E-state index is 11.7. The summed E-state index contributed by atoms with van der Waals surface area (Å²) < 4.78 is 5.78. The van der Waals surface area contributed by atoms with Crippen molar-refractivity contribution in [2.45, 2.75) is 39.5 Å². The zero-order valence-electron chi connectivity index (χ0n) is 10.5. The van der Waals surface area contributed by atoms with Crippen LogP contribution in [0.15, 0.2) is 21.2 Å². The fourth-order valence-electron chi connectivity index (χ4n) is 1.70. The molecule has 1 heterocycles. The average Bonchev–Trinajstić information content (AvgIpc) is 2.76. The molecule has 1 aromatic heterocycles. The lowest BCUT2D eigenvalue weighted by atomic mass is 9.99. The van der Waals surface area contributed by atoms with Crippen molar-refractivity contribution in [1.82, 2.24) is 5.32 Å². The largest absolute Gasteiger partial charge is 0.444 e. The van der Waals surface area contributed by atoms with Crippen LogP contribution in [0.1, 0.15) is 50.1 Å². The van der Waals surface area contributed by atoms with Gasteiger partial charge in [-0.1, -0.05) is 33.1 Å². The van der Waals surface area contributed by atoms with Crippen molar-refractivity contribution in [3.8, 4) is 0 Å². The molecule has 1 amide bonds. The number of nitrogens with one attached hydrogen (secondary N) is 1. The highest BCUT2D eigenvalue weighted by Gasteiger charge is 2.12. The van der Waals surface area contributed by atoms with Crippen molar-refractivity contribution in [1.29, 1.82) is 0 Å². The monoisotopic (exact) mass is 301 g/mol. The van der Waals surface area contributed by atoms with E-state index in [0.717, 1.165) is 13.0 Å². The Morgan fingerprint density at radius 3 is 2.76 bits per heavy atom. The summed E-state index contributed by atoms with van der Waals surface area (Å²) in [6, 6.07) is 3.40. The first kappa shape index (κ1) is 14.3. The van der Waals surface area contributed by atoms with Crippen molar-refractivity contribution in [2.24, 2.45) is 5.92 Å². The summed E-state index contributed by atoms with van der Waals surface area (Å²) in [5.74, 6) is 0.796. The van der Waals surface area contributed by atoms with Gasteiger partial charge in [0.15, 0.2) is 10.4 Å². The second-order valence-corrected chi connectivity index (χ2v) is 5.01. The van der Waals surface area contributed by atoms with Gasteiger partial charge in [0.05, 0.1) is 0 Å². The van der Waals surface area contributed by atoms with Crippen LogP contribution in [0.25, 0.3) is 0 Å². The Labute approximate surface area is 111 Å². The van der Waals surface area contributed by atoms with Crippen molar-refractivity contribution >= 4 is 21.8 Å². The van der Waals surface area contributed by atoms with E-state index in [2.05, 4.69) is 35.1 Å². The highest BCUT2D eigenvalue weighted by molar-refractivity contribution is 9.10. The van der Waals surface area contributed by atoms with E-state index in [4.69, 9.17) is 4.42 Å². The van der Waals surface area contributed by atoms with E-state index in [-0.39, 0.29) is 5.91 Å². The summed E-state index contributed by atoms with van der Waals surface area (Å²) in [5.41, 5.74) is 0. The van der Waals surface area contributed by atoms with Crippen LogP contribution in [0.4, 0.5) is 0 Å². The number of halogens is 1. The molecule has 0 aliphatic carbocycles. The summed E-state index contributed by atoms with van der Waals surface area (Å²) >= 11 is 3.18. The summed E-state index contributed by atoms with van der Waals surface area (Å²) in [6.07, 6.45) is 4.70. The fourth-order valence-corrected chi connectivity index (χ4v) is 2.01. The standard InChI is InChI=1S/C13H20BrNO2/c1-3-5-6-10(4-2)9-15-13(16)11-7-8-12(14)17-11/h7-8,10H,3-6,9H2,1-2H3,(H,15,16)/t10-/m1/s1. The van der Waals surface area contributed by atoms with E-state index in [0.29, 0.717) is 16.3 Å². The average molecular weight is 302 g/mol. The predicted molar refractivity (Wildman–Crippen MR) is 72.0 cm³/mol. The highest BCUT2D eigenvalue weighted by Crippen LogP contribution is 2.15. The van der Waals surface area contributed by atoms with E-state index in [1.165, 1.54) is 19.3 Å². The summed E-state index contributed by atoms with van der Waals surface area (Å²) in [5, 5.41) is 2.92. The van der Waals surface area contributed by atoms with Crippen LogP contribution < -0.4 is 5.32 Å². The molecule has 1 rings (SSSR count). The second-order valence-electron chi connectivity index (χ2n) is 4.23. The molecule has 0 saturated carbocycles. The van der Waals surface area contributed by atoms with Crippen LogP contribution in [-0.2, 0) is 0 Å². The number of furan rings is 1. The highest BCUT2D eigenvalue weighted by atomic mass is 79.9.